The quantitative estimate of drug-likeness (QED) is 0.780. The van der Waals surface area contributed by atoms with Gasteiger partial charge in [-0.2, -0.15) is 0 Å². The van der Waals surface area contributed by atoms with Gasteiger partial charge in [0.05, 0.1) is 31.9 Å². The Bertz CT molecular complexity index is 1030. The van der Waals surface area contributed by atoms with Gasteiger partial charge in [-0.25, -0.2) is 4.79 Å². The zero-order valence-corrected chi connectivity index (χ0v) is 16.8. The maximum Gasteiger partial charge on any atom is 0.359 e. The molecule has 154 valence electrons. The largest absolute Gasteiger partial charge is 0.495 e. The number of carbonyl (C=O) groups excluding carboxylic acids is 1. The number of rotatable bonds is 2. The second-order valence-corrected chi connectivity index (χ2v) is 8.86. The highest BCUT2D eigenvalue weighted by atomic mass is 16.5. The number of nitrogens with zero attached hydrogens (tertiary/aromatic N) is 2. The molecular weight excluding hydrogens is 372 g/mol. The molecule has 0 bridgehead atoms. The van der Waals surface area contributed by atoms with E-state index in [-0.39, 0.29) is 17.6 Å². The summed E-state index contributed by atoms with van der Waals surface area (Å²) in [7, 11) is 2.97. The van der Waals surface area contributed by atoms with Crippen molar-refractivity contribution in [3.05, 3.63) is 29.5 Å². The van der Waals surface area contributed by atoms with Crippen LogP contribution in [0, 0.1) is 5.41 Å². The Morgan fingerprint density at radius 3 is 2.97 bits per heavy atom. The molecule has 0 aliphatic carbocycles. The number of carbonyl (C=O) groups is 1. The number of piperidine rings is 1. The summed E-state index contributed by atoms with van der Waals surface area (Å²) in [5.74, 6) is 0.0426. The summed E-state index contributed by atoms with van der Waals surface area (Å²) >= 11 is 0. The van der Waals surface area contributed by atoms with E-state index in [1.807, 2.05) is 16.7 Å². The Labute approximate surface area is 169 Å². The SMILES string of the molecule is COC(=O)[C@@]1(O)C[C@]23CCO[C@H]2CCN2CCc4c(n1c1c(OC)cccc41)[C@@H]23. The normalized spacial score (nSPS) is 35.3. The van der Waals surface area contributed by atoms with Crippen molar-refractivity contribution in [2.24, 2.45) is 5.41 Å². The molecule has 2 fully saturated rings. The van der Waals surface area contributed by atoms with Crippen molar-refractivity contribution in [3.8, 4) is 5.75 Å². The number of aliphatic hydroxyl groups is 1. The average Bonchev–Trinajstić information content (AvgIpc) is 3.31. The number of para-hydroxylation sites is 1. The number of hydrogen-bond acceptors (Lipinski definition) is 6. The Hall–Kier alpha value is -2.09. The molecule has 0 amide bonds. The van der Waals surface area contributed by atoms with E-state index in [9.17, 15) is 9.90 Å². The minimum atomic E-state index is -1.78. The van der Waals surface area contributed by atoms with Crippen LogP contribution in [0.2, 0.25) is 0 Å². The molecular formula is C22H26N2O5. The van der Waals surface area contributed by atoms with E-state index in [0.29, 0.717) is 18.8 Å². The summed E-state index contributed by atoms with van der Waals surface area (Å²) in [5, 5.41) is 13.0. The first-order chi connectivity index (χ1) is 14.0. The highest BCUT2D eigenvalue weighted by molar-refractivity contribution is 5.94. The van der Waals surface area contributed by atoms with Crippen LogP contribution in [0.5, 0.6) is 5.75 Å². The first-order valence-electron chi connectivity index (χ1n) is 10.4. The summed E-state index contributed by atoms with van der Waals surface area (Å²) in [6.45, 7) is 2.64. The van der Waals surface area contributed by atoms with E-state index < -0.39 is 11.7 Å². The minimum Gasteiger partial charge on any atom is -0.495 e. The third kappa shape index (κ3) is 1.96. The van der Waals surface area contributed by atoms with Crippen molar-refractivity contribution in [2.45, 2.75) is 43.6 Å². The van der Waals surface area contributed by atoms with Gasteiger partial charge < -0.3 is 23.9 Å². The maximum atomic E-state index is 13.1. The molecule has 0 unspecified atom stereocenters. The van der Waals surface area contributed by atoms with Crippen molar-refractivity contribution in [2.75, 3.05) is 33.9 Å². The molecule has 7 heteroatoms. The summed E-state index contributed by atoms with van der Waals surface area (Å²) < 4.78 is 18.8. The molecule has 4 atom stereocenters. The van der Waals surface area contributed by atoms with Crippen molar-refractivity contribution >= 4 is 16.9 Å². The van der Waals surface area contributed by atoms with Gasteiger partial charge in [0.25, 0.3) is 0 Å². The first kappa shape index (κ1) is 17.7. The van der Waals surface area contributed by atoms with E-state index in [1.165, 1.54) is 12.7 Å². The molecule has 6 rings (SSSR count). The molecule has 0 radical (unpaired) electrons. The van der Waals surface area contributed by atoms with Crippen LogP contribution in [0.1, 0.15) is 36.6 Å². The van der Waals surface area contributed by atoms with Crippen molar-refractivity contribution in [1.29, 1.82) is 0 Å². The van der Waals surface area contributed by atoms with E-state index in [2.05, 4.69) is 11.0 Å². The van der Waals surface area contributed by atoms with Crippen LogP contribution in [0.15, 0.2) is 18.2 Å². The van der Waals surface area contributed by atoms with Crippen LogP contribution < -0.4 is 4.74 Å². The van der Waals surface area contributed by atoms with Gasteiger partial charge in [-0.1, -0.05) is 12.1 Å². The molecule has 2 aromatic rings. The summed E-state index contributed by atoms with van der Waals surface area (Å²) in [6.07, 6.45) is 3.02. The molecule has 5 heterocycles. The fourth-order valence-electron chi connectivity index (χ4n) is 6.77. The van der Waals surface area contributed by atoms with Crippen LogP contribution in [0.4, 0.5) is 0 Å². The van der Waals surface area contributed by atoms with E-state index >= 15 is 0 Å². The van der Waals surface area contributed by atoms with Crippen LogP contribution in [-0.4, -0.2) is 60.6 Å². The third-order valence-electron chi connectivity index (χ3n) is 7.80. The number of aromatic nitrogens is 1. The fourth-order valence-corrected chi connectivity index (χ4v) is 6.77. The predicted octanol–water partition coefficient (Wildman–Crippen LogP) is 1.95. The van der Waals surface area contributed by atoms with Gasteiger partial charge in [-0.15, -0.1) is 0 Å². The Balaban J connectivity index is 1.75. The molecule has 1 spiro atoms. The number of ether oxygens (including phenoxy) is 3. The van der Waals surface area contributed by atoms with E-state index in [1.54, 1.807) is 7.11 Å². The number of methoxy groups -OCH3 is 2. The first-order valence-corrected chi connectivity index (χ1v) is 10.4. The Kier molecular flexibility index (Phi) is 3.51. The zero-order valence-electron chi connectivity index (χ0n) is 16.8. The number of esters is 1. The lowest BCUT2D eigenvalue weighted by Gasteiger charge is -2.58. The number of hydrogen-bond donors (Lipinski definition) is 1. The summed E-state index contributed by atoms with van der Waals surface area (Å²) in [4.78, 5) is 15.6. The predicted molar refractivity (Wildman–Crippen MR) is 105 cm³/mol. The van der Waals surface area contributed by atoms with Crippen LogP contribution in [-0.2, 0) is 26.4 Å². The lowest BCUT2D eigenvalue weighted by molar-refractivity contribution is -0.199. The van der Waals surface area contributed by atoms with Gasteiger partial charge in [-0.05, 0) is 30.9 Å². The topological polar surface area (TPSA) is 73.2 Å². The number of benzene rings is 1. The lowest BCUT2D eigenvalue weighted by Crippen LogP contribution is -2.63. The van der Waals surface area contributed by atoms with Gasteiger partial charge in [0, 0.05) is 42.6 Å². The van der Waals surface area contributed by atoms with Crippen LogP contribution in [0.3, 0.4) is 0 Å². The molecule has 1 N–H and O–H groups in total. The van der Waals surface area contributed by atoms with Crippen molar-refractivity contribution in [3.63, 3.8) is 0 Å². The summed E-state index contributed by atoms with van der Waals surface area (Å²) in [5.41, 5.74) is 0.983. The molecule has 2 saturated heterocycles. The zero-order chi connectivity index (χ0) is 20.0. The monoisotopic (exact) mass is 398 g/mol. The lowest BCUT2D eigenvalue weighted by atomic mass is 9.61. The highest BCUT2D eigenvalue weighted by Crippen LogP contribution is 2.63. The van der Waals surface area contributed by atoms with E-state index in [4.69, 9.17) is 14.2 Å². The smallest absolute Gasteiger partial charge is 0.359 e. The standard InChI is InChI=1S/C22H26N2O5/c1-27-15-5-3-4-13-14-6-9-23-10-7-16-21(8-11-29-16)12-22(26,20(25)28-2)24(17(13)15)18(14)19(21)23/h3-5,16,19,26H,6-12H2,1-2H3/t16-,19+,21+,22-/m0/s1. The molecule has 29 heavy (non-hydrogen) atoms. The second kappa shape index (κ2) is 5.74. The van der Waals surface area contributed by atoms with Gasteiger partial charge in [0.2, 0.25) is 5.72 Å². The molecule has 1 aromatic heterocycles. The van der Waals surface area contributed by atoms with Gasteiger partial charge in [0.1, 0.15) is 5.75 Å². The van der Waals surface area contributed by atoms with E-state index in [0.717, 1.165) is 48.9 Å². The number of fused-ring (bicyclic) bond motifs is 3. The molecule has 7 nitrogen and oxygen atoms in total. The van der Waals surface area contributed by atoms with Crippen molar-refractivity contribution < 1.29 is 24.1 Å². The second-order valence-electron chi connectivity index (χ2n) is 8.86. The Morgan fingerprint density at radius 1 is 1.31 bits per heavy atom. The molecule has 4 aliphatic heterocycles. The van der Waals surface area contributed by atoms with Crippen LogP contribution >= 0.6 is 0 Å². The van der Waals surface area contributed by atoms with Crippen molar-refractivity contribution in [1.82, 2.24) is 9.47 Å². The van der Waals surface area contributed by atoms with Gasteiger partial charge in [-0.3, -0.25) is 4.90 Å². The Morgan fingerprint density at radius 2 is 2.17 bits per heavy atom. The molecule has 4 aliphatic rings. The maximum absolute atomic E-state index is 13.1. The fraction of sp³-hybridized carbons (Fsp3) is 0.591. The third-order valence-corrected chi connectivity index (χ3v) is 7.80. The molecule has 0 saturated carbocycles. The molecule has 1 aromatic carbocycles. The van der Waals surface area contributed by atoms with Gasteiger partial charge >= 0.3 is 5.97 Å². The summed E-state index contributed by atoms with van der Waals surface area (Å²) in [6, 6.07) is 6.07. The van der Waals surface area contributed by atoms with Gasteiger partial charge in [0.15, 0.2) is 0 Å². The minimum absolute atomic E-state index is 0.0551. The average molecular weight is 398 g/mol. The van der Waals surface area contributed by atoms with Crippen LogP contribution in [0.25, 0.3) is 10.9 Å². The highest BCUT2D eigenvalue weighted by Gasteiger charge is 2.65.